The number of aryl methyl sites for hydroxylation is 1. The maximum Gasteiger partial charge on any atom is 0.191 e. The van der Waals surface area contributed by atoms with Crippen LogP contribution in [0.3, 0.4) is 0 Å². The van der Waals surface area contributed by atoms with Crippen molar-refractivity contribution in [3.63, 3.8) is 0 Å². The van der Waals surface area contributed by atoms with E-state index in [4.69, 9.17) is 0 Å². The van der Waals surface area contributed by atoms with Crippen LogP contribution in [0, 0.1) is 6.92 Å². The van der Waals surface area contributed by atoms with E-state index in [2.05, 4.69) is 39.9 Å². The molecule has 0 amide bonds. The molecule has 0 heterocycles. The molecule has 7 heteroatoms. The molecule has 0 fully saturated rings. The summed E-state index contributed by atoms with van der Waals surface area (Å²) in [7, 11) is -3.19. The second kappa shape index (κ2) is 9.73. The van der Waals surface area contributed by atoms with Gasteiger partial charge in [-0.25, -0.2) is 13.4 Å². The molecule has 1 unspecified atom stereocenters. The van der Waals surface area contributed by atoms with Crippen molar-refractivity contribution in [2.24, 2.45) is 4.99 Å². The largest absolute Gasteiger partial charge is 0.357 e. The van der Waals surface area contributed by atoms with Gasteiger partial charge in [0, 0.05) is 25.3 Å². The Labute approximate surface area is 185 Å². The number of benzene rings is 2. The Balaban J connectivity index is 0.00000280. The molecule has 2 aromatic carbocycles. The van der Waals surface area contributed by atoms with Crippen LogP contribution in [0.5, 0.6) is 0 Å². The van der Waals surface area contributed by atoms with Crippen molar-refractivity contribution in [1.29, 1.82) is 0 Å². The van der Waals surface area contributed by atoms with Gasteiger partial charge in [-0.1, -0.05) is 36.4 Å². The smallest absolute Gasteiger partial charge is 0.191 e. The van der Waals surface area contributed by atoms with E-state index in [1.807, 2.05) is 26.0 Å². The van der Waals surface area contributed by atoms with Gasteiger partial charge in [-0.05, 0) is 48.6 Å². The highest BCUT2D eigenvalue weighted by atomic mass is 127. The number of halogens is 1. The van der Waals surface area contributed by atoms with Crippen molar-refractivity contribution in [3.05, 3.63) is 64.7 Å². The van der Waals surface area contributed by atoms with Gasteiger partial charge in [0.15, 0.2) is 15.8 Å². The van der Waals surface area contributed by atoms with Crippen LogP contribution in [0.25, 0.3) is 0 Å². The summed E-state index contributed by atoms with van der Waals surface area (Å²) >= 11 is 0. The molecule has 152 valence electrons. The van der Waals surface area contributed by atoms with Gasteiger partial charge in [0.05, 0.1) is 11.4 Å². The van der Waals surface area contributed by atoms with Crippen LogP contribution in [0.2, 0.25) is 0 Å². The molecule has 2 aromatic rings. The Morgan fingerprint density at radius 1 is 1.18 bits per heavy atom. The Bertz CT molecular complexity index is 958. The van der Waals surface area contributed by atoms with Crippen LogP contribution in [0.15, 0.2) is 52.4 Å². The molecule has 2 N–H and O–H groups in total. The average molecular weight is 513 g/mol. The van der Waals surface area contributed by atoms with Crippen molar-refractivity contribution in [2.75, 3.05) is 19.3 Å². The fourth-order valence-corrected chi connectivity index (χ4v) is 4.46. The molecule has 28 heavy (non-hydrogen) atoms. The van der Waals surface area contributed by atoms with Crippen LogP contribution in [0.4, 0.5) is 0 Å². The lowest BCUT2D eigenvalue weighted by Gasteiger charge is -2.30. The molecular formula is C21H28IN3O2S. The molecule has 0 radical (unpaired) electrons. The lowest BCUT2D eigenvalue weighted by Crippen LogP contribution is -2.41. The highest BCUT2D eigenvalue weighted by Crippen LogP contribution is 2.33. The van der Waals surface area contributed by atoms with Gasteiger partial charge < -0.3 is 10.6 Å². The fourth-order valence-electron chi connectivity index (χ4n) is 3.50. The molecule has 1 aliphatic carbocycles. The molecular weight excluding hydrogens is 485 g/mol. The first-order chi connectivity index (χ1) is 12.9. The first-order valence-corrected chi connectivity index (χ1v) is 11.2. The minimum atomic E-state index is -3.19. The number of hydrogen-bond acceptors (Lipinski definition) is 3. The Kier molecular flexibility index (Phi) is 7.88. The molecule has 0 aliphatic heterocycles. The highest BCUT2D eigenvalue weighted by Gasteiger charge is 2.25. The quantitative estimate of drug-likeness (QED) is 0.353. The summed E-state index contributed by atoms with van der Waals surface area (Å²) in [5.41, 5.74) is 4.61. The third-order valence-electron chi connectivity index (χ3n) is 4.88. The van der Waals surface area contributed by atoms with Crippen molar-refractivity contribution in [2.45, 2.75) is 37.6 Å². The van der Waals surface area contributed by atoms with Gasteiger partial charge in [-0.2, -0.15) is 0 Å². The van der Waals surface area contributed by atoms with Gasteiger partial charge in [0.2, 0.25) is 0 Å². The van der Waals surface area contributed by atoms with E-state index < -0.39 is 9.84 Å². The Morgan fingerprint density at radius 2 is 1.93 bits per heavy atom. The average Bonchev–Trinajstić information content (AvgIpc) is 2.59. The predicted octanol–water partition coefficient (Wildman–Crippen LogP) is 3.41. The third kappa shape index (κ3) is 5.47. The number of fused-ring (bicyclic) bond motifs is 1. The maximum absolute atomic E-state index is 11.7. The summed E-state index contributed by atoms with van der Waals surface area (Å²) in [5, 5.41) is 6.70. The summed E-state index contributed by atoms with van der Waals surface area (Å²) in [5.74, 6) is 1.31. The van der Waals surface area contributed by atoms with E-state index in [1.54, 1.807) is 6.07 Å². The van der Waals surface area contributed by atoms with Gasteiger partial charge in [0.1, 0.15) is 0 Å². The number of aliphatic imine (C=N–C) groups is 1. The van der Waals surface area contributed by atoms with Crippen LogP contribution < -0.4 is 10.6 Å². The Hall–Kier alpha value is -1.61. The number of nitrogens with one attached hydrogen (secondary N) is 2. The zero-order chi connectivity index (χ0) is 19.4. The number of nitrogens with zero attached hydrogens (tertiary/aromatic N) is 1. The van der Waals surface area contributed by atoms with Gasteiger partial charge in [-0.3, -0.25) is 0 Å². The minimum Gasteiger partial charge on any atom is -0.357 e. The van der Waals surface area contributed by atoms with Crippen LogP contribution >= 0.6 is 24.0 Å². The number of guanidine groups is 1. The highest BCUT2D eigenvalue weighted by molar-refractivity contribution is 14.0. The summed E-state index contributed by atoms with van der Waals surface area (Å²) in [6.45, 7) is 6.01. The molecule has 5 nitrogen and oxygen atoms in total. The van der Waals surface area contributed by atoms with Crippen molar-refractivity contribution < 1.29 is 8.42 Å². The van der Waals surface area contributed by atoms with E-state index in [9.17, 15) is 8.42 Å². The summed E-state index contributed by atoms with van der Waals surface area (Å²) in [6, 6.07) is 14.0. The number of rotatable bonds is 6. The molecule has 0 saturated heterocycles. The molecule has 0 spiro atoms. The third-order valence-corrected chi connectivity index (χ3v) is 6.14. The summed E-state index contributed by atoms with van der Waals surface area (Å²) < 4.78 is 23.5. The van der Waals surface area contributed by atoms with Gasteiger partial charge in [0.25, 0.3) is 0 Å². The lowest BCUT2D eigenvalue weighted by molar-refractivity contribution is 0.584. The SMILES string of the molecule is CCNC(=NCc1ccc(S(C)(=O)=O)c(C)c1)NCC1Cc2ccccc21.I. The van der Waals surface area contributed by atoms with Crippen LogP contribution in [-0.4, -0.2) is 33.7 Å². The number of sulfone groups is 1. The molecule has 1 aliphatic rings. The van der Waals surface area contributed by atoms with Crippen molar-refractivity contribution >= 4 is 39.8 Å². The Morgan fingerprint density at radius 3 is 2.57 bits per heavy atom. The molecule has 1 atom stereocenters. The van der Waals surface area contributed by atoms with Crippen LogP contribution in [-0.2, 0) is 22.8 Å². The van der Waals surface area contributed by atoms with Crippen molar-refractivity contribution in [3.8, 4) is 0 Å². The second-order valence-electron chi connectivity index (χ2n) is 7.05. The number of hydrogen-bond donors (Lipinski definition) is 2. The summed E-state index contributed by atoms with van der Waals surface area (Å²) in [6.07, 6.45) is 2.34. The zero-order valence-electron chi connectivity index (χ0n) is 16.5. The second-order valence-corrected chi connectivity index (χ2v) is 9.03. The molecule has 0 aromatic heterocycles. The van der Waals surface area contributed by atoms with Crippen molar-refractivity contribution in [1.82, 2.24) is 10.6 Å². The molecule has 0 saturated carbocycles. The van der Waals surface area contributed by atoms with Gasteiger partial charge >= 0.3 is 0 Å². The zero-order valence-corrected chi connectivity index (χ0v) is 19.7. The van der Waals surface area contributed by atoms with Gasteiger partial charge in [-0.15, -0.1) is 24.0 Å². The van der Waals surface area contributed by atoms with E-state index in [1.165, 1.54) is 17.4 Å². The maximum atomic E-state index is 11.7. The minimum absolute atomic E-state index is 0. The molecule has 0 bridgehead atoms. The first-order valence-electron chi connectivity index (χ1n) is 9.28. The predicted molar refractivity (Wildman–Crippen MR) is 125 cm³/mol. The van der Waals surface area contributed by atoms with E-state index in [0.29, 0.717) is 17.4 Å². The van der Waals surface area contributed by atoms with E-state index in [-0.39, 0.29) is 24.0 Å². The normalized spacial score (nSPS) is 15.8. The lowest BCUT2D eigenvalue weighted by atomic mass is 9.78. The topological polar surface area (TPSA) is 70.6 Å². The molecule has 3 rings (SSSR count). The first kappa shape index (κ1) is 22.7. The fraction of sp³-hybridized carbons (Fsp3) is 0.381. The monoisotopic (exact) mass is 513 g/mol. The van der Waals surface area contributed by atoms with E-state index in [0.717, 1.165) is 36.6 Å². The van der Waals surface area contributed by atoms with E-state index >= 15 is 0 Å². The van der Waals surface area contributed by atoms with Crippen LogP contribution in [0.1, 0.15) is 35.1 Å². The summed E-state index contributed by atoms with van der Waals surface area (Å²) in [4.78, 5) is 5.03. The standard InChI is InChI=1S/C21H27N3O2S.HI/c1-4-22-21(24-14-18-12-17-7-5-6-8-19(17)18)23-13-16-9-10-20(15(2)11-16)27(3,25)26;/h5-11,18H,4,12-14H2,1-3H3,(H2,22,23,24);1H.